The quantitative estimate of drug-likeness (QED) is 0.569. The largest absolute Gasteiger partial charge is 0.459 e. The molecule has 0 aromatic rings. The van der Waals surface area contributed by atoms with E-state index in [1.165, 1.54) is 12.8 Å². The maximum atomic E-state index is 12.4. The SMILES string of the molecule is C/C=C(\C)C(=O)O[C@H]1CCN2C[C@@H]3C[C@H](CN4C(=O)CCC[C@H]34)[C@@H]2C1. The molecule has 4 rings (SSSR count). The number of carbonyl (C=O) groups is 2. The van der Waals surface area contributed by atoms with Crippen molar-refractivity contribution in [3.63, 3.8) is 0 Å². The van der Waals surface area contributed by atoms with E-state index < -0.39 is 0 Å². The van der Waals surface area contributed by atoms with Gasteiger partial charge in [0.1, 0.15) is 6.10 Å². The number of rotatable bonds is 2. The lowest BCUT2D eigenvalue weighted by molar-refractivity contribution is -0.156. The number of esters is 1. The van der Waals surface area contributed by atoms with E-state index in [9.17, 15) is 9.59 Å². The third-order valence-corrected chi connectivity index (χ3v) is 6.95. The van der Waals surface area contributed by atoms with Gasteiger partial charge in [-0.15, -0.1) is 0 Å². The summed E-state index contributed by atoms with van der Waals surface area (Å²) in [5, 5.41) is 0. The van der Waals surface area contributed by atoms with Crippen molar-refractivity contribution in [2.45, 2.75) is 70.6 Å². The summed E-state index contributed by atoms with van der Waals surface area (Å²) in [7, 11) is 0. The van der Waals surface area contributed by atoms with Crippen LogP contribution >= 0.6 is 0 Å². The molecule has 5 heteroatoms. The zero-order valence-corrected chi connectivity index (χ0v) is 15.4. The number of carbonyl (C=O) groups excluding carboxylic acids is 2. The fourth-order valence-electron chi connectivity index (χ4n) is 5.52. The Morgan fingerprint density at radius 3 is 2.76 bits per heavy atom. The molecule has 0 unspecified atom stereocenters. The van der Waals surface area contributed by atoms with Gasteiger partial charge in [0, 0.05) is 50.1 Å². The van der Waals surface area contributed by atoms with Crippen LogP contribution in [0.1, 0.15) is 52.4 Å². The Bertz CT molecular complexity index is 587. The normalized spacial score (nSPS) is 38.8. The molecule has 5 atom stereocenters. The number of ether oxygens (including phenoxy) is 1. The number of piperidine rings is 4. The molecule has 0 aromatic carbocycles. The van der Waals surface area contributed by atoms with Crippen molar-refractivity contribution in [1.29, 1.82) is 0 Å². The van der Waals surface area contributed by atoms with Gasteiger partial charge < -0.3 is 9.64 Å². The number of fused-ring (bicyclic) bond motifs is 6. The summed E-state index contributed by atoms with van der Waals surface area (Å²) in [6.07, 6.45) is 7.91. The Hall–Kier alpha value is -1.36. The molecule has 4 aliphatic heterocycles. The average molecular weight is 346 g/mol. The van der Waals surface area contributed by atoms with Crippen LogP contribution in [0.5, 0.6) is 0 Å². The Morgan fingerprint density at radius 1 is 1.16 bits per heavy atom. The van der Waals surface area contributed by atoms with Gasteiger partial charge in [-0.25, -0.2) is 4.79 Å². The van der Waals surface area contributed by atoms with Crippen LogP contribution in [0.3, 0.4) is 0 Å². The first kappa shape index (κ1) is 17.1. The predicted molar refractivity (Wildman–Crippen MR) is 94.9 cm³/mol. The molecule has 0 radical (unpaired) electrons. The molecule has 138 valence electrons. The zero-order valence-electron chi connectivity index (χ0n) is 15.4. The number of hydrogen-bond acceptors (Lipinski definition) is 4. The monoisotopic (exact) mass is 346 g/mol. The van der Waals surface area contributed by atoms with Crippen molar-refractivity contribution in [2.75, 3.05) is 19.6 Å². The van der Waals surface area contributed by atoms with Crippen molar-refractivity contribution in [3.8, 4) is 0 Å². The minimum Gasteiger partial charge on any atom is -0.459 e. The van der Waals surface area contributed by atoms with Crippen molar-refractivity contribution in [3.05, 3.63) is 11.6 Å². The highest BCUT2D eigenvalue weighted by molar-refractivity contribution is 5.87. The standard InChI is InChI=1S/C20H30N2O3/c1-3-13(2)20(24)25-16-7-8-21-11-14-9-15(18(21)10-16)12-22-17(14)5-4-6-19(22)23/h3,14-18H,4-12H2,1-2H3/b13-3+/t14-,15+,16-,17+,18-/m0/s1. The van der Waals surface area contributed by atoms with Gasteiger partial charge in [-0.3, -0.25) is 9.69 Å². The van der Waals surface area contributed by atoms with Crippen LogP contribution in [-0.2, 0) is 14.3 Å². The first-order chi connectivity index (χ1) is 12.1. The summed E-state index contributed by atoms with van der Waals surface area (Å²) in [4.78, 5) is 29.3. The van der Waals surface area contributed by atoms with Crippen molar-refractivity contribution < 1.29 is 14.3 Å². The fraction of sp³-hybridized carbons (Fsp3) is 0.800. The number of amides is 1. The maximum Gasteiger partial charge on any atom is 0.333 e. The van der Waals surface area contributed by atoms with Crippen LogP contribution in [0.4, 0.5) is 0 Å². The lowest BCUT2D eigenvalue weighted by atomic mass is 9.70. The Kier molecular flexibility index (Phi) is 4.61. The summed E-state index contributed by atoms with van der Waals surface area (Å²) < 4.78 is 5.74. The fourth-order valence-corrected chi connectivity index (χ4v) is 5.52. The molecule has 4 aliphatic rings. The van der Waals surface area contributed by atoms with Crippen molar-refractivity contribution in [1.82, 2.24) is 9.80 Å². The van der Waals surface area contributed by atoms with E-state index in [0.29, 0.717) is 35.4 Å². The molecule has 1 amide bonds. The topological polar surface area (TPSA) is 49.9 Å². The van der Waals surface area contributed by atoms with Gasteiger partial charge >= 0.3 is 5.97 Å². The van der Waals surface area contributed by atoms with Crippen LogP contribution < -0.4 is 0 Å². The van der Waals surface area contributed by atoms with E-state index >= 15 is 0 Å². The number of hydrogen-bond donors (Lipinski definition) is 0. The van der Waals surface area contributed by atoms with Crippen LogP contribution in [0.2, 0.25) is 0 Å². The molecule has 0 N–H and O–H groups in total. The highest BCUT2D eigenvalue weighted by atomic mass is 16.5. The molecular weight excluding hydrogens is 316 g/mol. The minimum absolute atomic E-state index is 0.0231. The Labute approximate surface area is 150 Å². The predicted octanol–water partition coefficient (Wildman–Crippen LogP) is 2.36. The molecule has 4 heterocycles. The van der Waals surface area contributed by atoms with Gasteiger partial charge in [-0.2, -0.15) is 0 Å². The molecule has 2 bridgehead atoms. The van der Waals surface area contributed by atoms with Crippen molar-refractivity contribution >= 4 is 11.9 Å². The molecule has 0 spiro atoms. The van der Waals surface area contributed by atoms with E-state index in [-0.39, 0.29) is 12.1 Å². The van der Waals surface area contributed by atoms with Crippen molar-refractivity contribution in [2.24, 2.45) is 11.8 Å². The second kappa shape index (κ2) is 6.75. The van der Waals surface area contributed by atoms with Gasteiger partial charge in [0.25, 0.3) is 0 Å². The molecule has 25 heavy (non-hydrogen) atoms. The summed E-state index contributed by atoms with van der Waals surface area (Å²) in [5.74, 6) is 1.37. The molecule has 0 aromatic heterocycles. The lowest BCUT2D eigenvalue weighted by Crippen LogP contribution is -2.65. The maximum absolute atomic E-state index is 12.4. The smallest absolute Gasteiger partial charge is 0.333 e. The first-order valence-corrected chi connectivity index (χ1v) is 9.94. The van der Waals surface area contributed by atoms with Gasteiger partial charge in [-0.1, -0.05) is 6.08 Å². The summed E-state index contributed by atoms with van der Waals surface area (Å²) >= 11 is 0. The van der Waals surface area contributed by atoms with Gasteiger partial charge in [0.15, 0.2) is 0 Å². The van der Waals surface area contributed by atoms with E-state index in [1.54, 1.807) is 0 Å². The second-order valence-corrected chi connectivity index (χ2v) is 8.35. The van der Waals surface area contributed by atoms with Gasteiger partial charge in [0.05, 0.1) is 0 Å². The minimum atomic E-state index is -0.176. The third kappa shape index (κ3) is 3.12. The van der Waals surface area contributed by atoms with Gasteiger partial charge in [-0.05, 0) is 51.4 Å². The third-order valence-electron chi connectivity index (χ3n) is 6.95. The van der Waals surface area contributed by atoms with Crippen LogP contribution in [0.15, 0.2) is 11.6 Å². The Morgan fingerprint density at radius 2 is 1.96 bits per heavy atom. The van der Waals surface area contributed by atoms with E-state index in [4.69, 9.17) is 4.74 Å². The highest BCUT2D eigenvalue weighted by Gasteiger charge is 2.49. The summed E-state index contributed by atoms with van der Waals surface area (Å²) in [6.45, 7) is 6.73. The Balaban J connectivity index is 1.44. The van der Waals surface area contributed by atoms with E-state index in [0.717, 1.165) is 45.3 Å². The highest BCUT2D eigenvalue weighted by Crippen LogP contribution is 2.43. The first-order valence-electron chi connectivity index (χ1n) is 9.94. The lowest BCUT2D eigenvalue weighted by Gasteiger charge is -2.57. The average Bonchev–Trinajstić information content (AvgIpc) is 2.62. The molecule has 0 saturated carbocycles. The van der Waals surface area contributed by atoms with Crippen LogP contribution in [0.25, 0.3) is 0 Å². The molecular formula is C20H30N2O3. The van der Waals surface area contributed by atoms with Crippen LogP contribution in [-0.4, -0.2) is 59.5 Å². The number of nitrogens with zero attached hydrogens (tertiary/aromatic N) is 2. The molecule has 4 fully saturated rings. The molecule has 4 saturated heterocycles. The van der Waals surface area contributed by atoms with E-state index in [2.05, 4.69) is 9.80 Å². The van der Waals surface area contributed by atoms with E-state index in [1.807, 2.05) is 19.9 Å². The number of allylic oxidation sites excluding steroid dienone is 1. The molecule has 0 aliphatic carbocycles. The van der Waals surface area contributed by atoms with Crippen LogP contribution in [0, 0.1) is 11.8 Å². The van der Waals surface area contributed by atoms with Gasteiger partial charge in [0.2, 0.25) is 5.91 Å². The zero-order chi connectivity index (χ0) is 17.6. The molecule has 5 nitrogen and oxygen atoms in total. The second-order valence-electron chi connectivity index (χ2n) is 8.35. The summed E-state index contributed by atoms with van der Waals surface area (Å²) in [5.41, 5.74) is 0.686. The summed E-state index contributed by atoms with van der Waals surface area (Å²) in [6, 6.07) is 0.940.